The van der Waals surface area contributed by atoms with E-state index in [0.29, 0.717) is 5.57 Å². The Hall–Kier alpha value is -2.03. The smallest absolute Gasteiger partial charge is 0.188 e. The monoisotopic (exact) mass is 229 g/mol. The first-order valence-corrected chi connectivity index (χ1v) is 5.41. The Labute approximate surface area is 100 Å². The molecular formula is C14H15NO2. The lowest BCUT2D eigenvalue weighted by Crippen LogP contribution is -2.31. The minimum atomic E-state index is 0.00991. The first kappa shape index (κ1) is 11.5. The van der Waals surface area contributed by atoms with Crippen LogP contribution >= 0.6 is 0 Å². The van der Waals surface area contributed by atoms with E-state index in [4.69, 9.17) is 4.74 Å². The van der Waals surface area contributed by atoms with Crippen LogP contribution in [0.25, 0.3) is 12.2 Å². The van der Waals surface area contributed by atoms with Crippen molar-refractivity contribution in [1.29, 1.82) is 0 Å². The van der Waals surface area contributed by atoms with Crippen molar-refractivity contribution in [3.63, 3.8) is 0 Å². The molecule has 0 radical (unpaired) electrons. The van der Waals surface area contributed by atoms with E-state index in [0.717, 1.165) is 16.2 Å². The van der Waals surface area contributed by atoms with Gasteiger partial charge in [0, 0.05) is 31.1 Å². The quantitative estimate of drug-likeness (QED) is 0.682. The van der Waals surface area contributed by atoms with Crippen LogP contribution in [0.5, 0.6) is 5.75 Å². The summed E-state index contributed by atoms with van der Waals surface area (Å²) in [6.45, 7) is 0. The summed E-state index contributed by atoms with van der Waals surface area (Å²) in [6.07, 6.45) is 5.34. The summed E-state index contributed by atoms with van der Waals surface area (Å²) in [5, 5.41) is 1.87. The van der Waals surface area contributed by atoms with Crippen molar-refractivity contribution in [1.82, 2.24) is 4.90 Å². The predicted molar refractivity (Wildman–Crippen MR) is 68.0 cm³/mol. The Bertz CT molecular complexity index is 597. The Morgan fingerprint density at radius 1 is 1.24 bits per heavy atom. The molecule has 1 aromatic carbocycles. The molecule has 0 heterocycles. The van der Waals surface area contributed by atoms with E-state index in [1.165, 1.54) is 0 Å². The van der Waals surface area contributed by atoms with Crippen molar-refractivity contribution >= 4 is 17.9 Å². The summed E-state index contributed by atoms with van der Waals surface area (Å²) in [6, 6.07) is 5.76. The normalized spacial score (nSPS) is 15.9. The molecule has 17 heavy (non-hydrogen) atoms. The van der Waals surface area contributed by atoms with E-state index in [-0.39, 0.29) is 5.78 Å². The van der Waals surface area contributed by atoms with Gasteiger partial charge >= 0.3 is 0 Å². The summed E-state index contributed by atoms with van der Waals surface area (Å²) in [5.41, 5.74) is 0.691. The molecule has 0 unspecified atom stereocenters. The molecule has 0 N–H and O–H groups in total. The van der Waals surface area contributed by atoms with Gasteiger partial charge < -0.3 is 9.64 Å². The standard InChI is InChI=1S/C14H15NO2/c1-15(2)9-11-7-10-5-4-6-14(17-3)12(10)8-13(11)16/h4-9H,1-3H3. The van der Waals surface area contributed by atoms with Gasteiger partial charge in [-0.2, -0.15) is 0 Å². The number of benzene rings is 1. The topological polar surface area (TPSA) is 29.5 Å². The van der Waals surface area contributed by atoms with Gasteiger partial charge in [-0.25, -0.2) is 0 Å². The molecule has 0 aliphatic heterocycles. The molecule has 1 aromatic rings. The first-order valence-electron chi connectivity index (χ1n) is 5.41. The van der Waals surface area contributed by atoms with Crippen LogP contribution in [-0.4, -0.2) is 31.9 Å². The molecule has 0 saturated carbocycles. The molecule has 0 aromatic heterocycles. The van der Waals surface area contributed by atoms with E-state index in [1.54, 1.807) is 13.2 Å². The highest BCUT2D eigenvalue weighted by atomic mass is 16.5. The second-order valence-corrected chi connectivity index (χ2v) is 4.16. The van der Waals surface area contributed by atoms with Gasteiger partial charge in [0.2, 0.25) is 0 Å². The minimum Gasteiger partial charge on any atom is -0.496 e. The number of ketones is 1. The Kier molecular flexibility index (Phi) is 3.00. The molecule has 0 atom stereocenters. The van der Waals surface area contributed by atoms with Crippen LogP contribution in [0.4, 0.5) is 0 Å². The summed E-state index contributed by atoms with van der Waals surface area (Å²) < 4.78 is 5.24. The van der Waals surface area contributed by atoms with E-state index >= 15 is 0 Å². The van der Waals surface area contributed by atoms with Crippen molar-refractivity contribution in [2.45, 2.75) is 0 Å². The van der Waals surface area contributed by atoms with Crippen LogP contribution in [0.2, 0.25) is 0 Å². The zero-order valence-electron chi connectivity index (χ0n) is 10.2. The van der Waals surface area contributed by atoms with Gasteiger partial charge in [0.15, 0.2) is 5.78 Å². The van der Waals surface area contributed by atoms with Crippen LogP contribution in [0, 0.1) is 0 Å². The number of nitrogens with zero attached hydrogens (tertiary/aromatic N) is 1. The molecule has 0 amide bonds. The largest absolute Gasteiger partial charge is 0.496 e. The lowest BCUT2D eigenvalue weighted by atomic mass is 10.0. The molecule has 0 saturated heterocycles. The lowest BCUT2D eigenvalue weighted by Gasteiger charge is -2.10. The maximum absolute atomic E-state index is 11.9. The van der Waals surface area contributed by atoms with Gasteiger partial charge in [0.05, 0.1) is 7.11 Å². The zero-order chi connectivity index (χ0) is 12.4. The molecule has 0 fully saturated rings. The number of methoxy groups -OCH3 is 1. The van der Waals surface area contributed by atoms with E-state index in [1.807, 2.05) is 49.5 Å². The zero-order valence-corrected chi connectivity index (χ0v) is 10.2. The molecule has 0 spiro atoms. The summed E-state index contributed by atoms with van der Waals surface area (Å²) >= 11 is 0. The van der Waals surface area contributed by atoms with Crippen LogP contribution in [0.3, 0.4) is 0 Å². The molecule has 3 nitrogen and oxygen atoms in total. The fraction of sp³-hybridized carbons (Fsp3) is 0.214. The van der Waals surface area contributed by atoms with Gasteiger partial charge in [-0.1, -0.05) is 12.1 Å². The van der Waals surface area contributed by atoms with E-state index in [2.05, 4.69) is 0 Å². The molecule has 88 valence electrons. The second-order valence-electron chi connectivity index (χ2n) is 4.16. The molecule has 2 rings (SSSR count). The molecule has 1 aliphatic rings. The fourth-order valence-electron chi connectivity index (χ4n) is 1.85. The first-order chi connectivity index (χ1) is 8.11. The number of carbonyl (C=O) groups is 1. The van der Waals surface area contributed by atoms with Crippen molar-refractivity contribution in [2.75, 3.05) is 21.2 Å². The van der Waals surface area contributed by atoms with Crippen molar-refractivity contribution in [2.24, 2.45) is 0 Å². The van der Waals surface area contributed by atoms with Crippen molar-refractivity contribution in [3.05, 3.63) is 40.4 Å². The Morgan fingerprint density at radius 3 is 2.65 bits per heavy atom. The maximum atomic E-state index is 11.9. The number of Topliss-reactive ketones (excluding diaryl/α,β-unsaturated/α-hetero) is 1. The van der Waals surface area contributed by atoms with Gasteiger partial charge in [0.25, 0.3) is 0 Å². The number of hydrogen-bond donors (Lipinski definition) is 0. The number of hydrogen-bond acceptors (Lipinski definition) is 3. The number of fused-ring (bicyclic) bond motifs is 1. The van der Waals surface area contributed by atoms with E-state index in [9.17, 15) is 4.79 Å². The molecule has 3 heteroatoms. The highest BCUT2D eigenvalue weighted by molar-refractivity contribution is 6.22. The lowest BCUT2D eigenvalue weighted by molar-refractivity contribution is -0.109. The van der Waals surface area contributed by atoms with Crippen LogP contribution in [0.1, 0.15) is 0 Å². The Balaban J connectivity index is 2.66. The minimum absolute atomic E-state index is 0.00991. The third-order valence-corrected chi connectivity index (χ3v) is 2.59. The number of rotatable bonds is 2. The van der Waals surface area contributed by atoms with Crippen molar-refractivity contribution < 1.29 is 9.53 Å². The second kappa shape index (κ2) is 4.45. The predicted octanol–water partition coefficient (Wildman–Crippen LogP) is 0.284. The Morgan fingerprint density at radius 2 is 2.00 bits per heavy atom. The van der Waals surface area contributed by atoms with Crippen LogP contribution in [-0.2, 0) is 4.79 Å². The van der Waals surface area contributed by atoms with Crippen molar-refractivity contribution in [3.8, 4) is 5.75 Å². The summed E-state index contributed by atoms with van der Waals surface area (Å²) in [4.78, 5) is 13.8. The van der Waals surface area contributed by atoms with Gasteiger partial charge in [-0.15, -0.1) is 0 Å². The average molecular weight is 229 g/mol. The third-order valence-electron chi connectivity index (χ3n) is 2.59. The van der Waals surface area contributed by atoms with Gasteiger partial charge in [-0.3, -0.25) is 4.79 Å². The highest BCUT2D eigenvalue weighted by Gasteiger charge is 2.10. The number of carbonyl (C=O) groups excluding carboxylic acids is 1. The van der Waals surface area contributed by atoms with Crippen LogP contribution < -0.4 is 15.2 Å². The average Bonchev–Trinajstić information content (AvgIpc) is 2.29. The highest BCUT2D eigenvalue weighted by Crippen LogP contribution is 2.07. The maximum Gasteiger partial charge on any atom is 0.188 e. The number of allylic oxidation sites excluding steroid dienone is 1. The van der Waals surface area contributed by atoms with Gasteiger partial charge in [0.1, 0.15) is 5.75 Å². The molecule has 0 bridgehead atoms. The third kappa shape index (κ3) is 2.23. The molecule has 1 aliphatic carbocycles. The SMILES string of the molecule is COc1cccc2c1=CC(=O)C(=CN(C)C)C=2. The van der Waals surface area contributed by atoms with E-state index < -0.39 is 0 Å². The van der Waals surface area contributed by atoms with Gasteiger partial charge in [-0.05, 0) is 23.4 Å². The summed E-state index contributed by atoms with van der Waals surface area (Å²) in [7, 11) is 5.41. The fourth-order valence-corrected chi connectivity index (χ4v) is 1.85. The number of ether oxygens (including phenoxy) is 1. The molecular weight excluding hydrogens is 214 g/mol. The van der Waals surface area contributed by atoms with Crippen LogP contribution in [0.15, 0.2) is 30.0 Å². The summed E-state index contributed by atoms with van der Waals surface area (Å²) in [5.74, 6) is 0.742.